The van der Waals surface area contributed by atoms with Gasteiger partial charge in [0, 0.05) is 56.2 Å². The molecular formula is C29H32N4O3. The summed E-state index contributed by atoms with van der Waals surface area (Å²) in [6.07, 6.45) is 2.06. The van der Waals surface area contributed by atoms with E-state index in [-0.39, 0.29) is 11.8 Å². The second kappa shape index (κ2) is 10.7. The number of hydrogen-bond donors (Lipinski definition) is 1. The van der Waals surface area contributed by atoms with Crippen LogP contribution in [0.1, 0.15) is 33.6 Å². The Hall–Kier alpha value is -4.00. The van der Waals surface area contributed by atoms with Crippen molar-refractivity contribution in [2.24, 2.45) is 0 Å². The summed E-state index contributed by atoms with van der Waals surface area (Å²) < 4.78 is 5.55. The van der Waals surface area contributed by atoms with Crippen molar-refractivity contribution in [1.29, 1.82) is 0 Å². The summed E-state index contributed by atoms with van der Waals surface area (Å²) in [7, 11) is 1.70. The number of amides is 2. The predicted octanol–water partition coefficient (Wildman–Crippen LogP) is 4.51. The third-order valence-corrected chi connectivity index (χ3v) is 6.96. The van der Waals surface area contributed by atoms with Crippen LogP contribution < -0.4 is 19.9 Å². The van der Waals surface area contributed by atoms with Crippen LogP contribution in [0.5, 0.6) is 5.75 Å². The molecule has 0 aromatic heterocycles. The number of piperazine rings is 1. The largest absolute Gasteiger partial charge is 0.495 e. The number of carbonyl (C=O) groups excluding carboxylic acids is 2. The number of benzene rings is 3. The molecule has 0 atom stereocenters. The number of para-hydroxylation sites is 2. The standard InChI is InChI=1S/C29H32N4O3/c1-36-27-12-6-5-11-26(27)32-19-17-31(18-20-32)25-14-13-23(30-28(34)22-9-3-2-4-10-22)21-24(25)29(35)33-15-7-8-16-33/h2-6,9-14,21H,7-8,15-20H2,1H3,(H,30,34). The fraction of sp³-hybridized carbons (Fsp3) is 0.310. The minimum atomic E-state index is -0.187. The first kappa shape index (κ1) is 23.7. The normalized spacial score (nSPS) is 15.6. The zero-order valence-electron chi connectivity index (χ0n) is 20.7. The van der Waals surface area contributed by atoms with Crippen molar-refractivity contribution in [3.05, 3.63) is 83.9 Å². The van der Waals surface area contributed by atoms with Gasteiger partial charge in [-0.3, -0.25) is 9.59 Å². The van der Waals surface area contributed by atoms with Crippen molar-refractivity contribution < 1.29 is 14.3 Å². The first-order chi connectivity index (χ1) is 17.6. The number of rotatable bonds is 6. The Kier molecular flexibility index (Phi) is 7.07. The molecule has 0 bridgehead atoms. The highest BCUT2D eigenvalue weighted by Crippen LogP contribution is 2.32. The average Bonchev–Trinajstić information content (AvgIpc) is 3.48. The molecule has 7 heteroatoms. The molecule has 7 nitrogen and oxygen atoms in total. The fourth-order valence-corrected chi connectivity index (χ4v) is 5.02. The zero-order chi connectivity index (χ0) is 24.9. The van der Waals surface area contributed by atoms with Gasteiger partial charge in [-0.2, -0.15) is 0 Å². The van der Waals surface area contributed by atoms with E-state index in [0.717, 1.165) is 69.2 Å². The third kappa shape index (κ3) is 5.00. The van der Waals surface area contributed by atoms with Crippen molar-refractivity contribution in [2.75, 3.05) is 61.5 Å². The Labute approximate surface area is 212 Å². The summed E-state index contributed by atoms with van der Waals surface area (Å²) in [6.45, 7) is 4.78. The van der Waals surface area contributed by atoms with Crippen LogP contribution in [0.3, 0.4) is 0 Å². The van der Waals surface area contributed by atoms with Gasteiger partial charge >= 0.3 is 0 Å². The second-order valence-corrected chi connectivity index (χ2v) is 9.20. The molecule has 1 N–H and O–H groups in total. The quantitative estimate of drug-likeness (QED) is 0.558. The Morgan fingerprint density at radius 2 is 1.39 bits per heavy atom. The van der Waals surface area contributed by atoms with Crippen LogP contribution in [0.4, 0.5) is 17.1 Å². The maximum Gasteiger partial charge on any atom is 0.256 e. The lowest BCUT2D eigenvalue weighted by atomic mass is 10.1. The molecule has 2 saturated heterocycles. The van der Waals surface area contributed by atoms with Crippen LogP contribution in [-0.4, -0.2) is 63.1 Å². The number of anilines is 3. The van der Waals surface area contributed by atoms with Crippen LogP contribution in [0.2, 0.25) is 0 Å². The van der Waals surface area contributed by atoms with E-state index >= 15 is 0 Å². The molecule has 0 radical (unpaired) electrons. The summed E-state index contributed by atoms with van der Waals surface area (Å²) in [6, 6.07) is 22.9. The minimum absolute atomic E-state index is 0.0328. The van der Waals surface area contributed by atoms with Gasteiger partial charge in [-0.25, -0.2) is 0 Å². The molecule has 5 rings (SSSR count). The minimum Gasteiger partial charge on any atom is -0.495 e. The number of hydrogen-bond acceptors (Lipinski definition) is 5. The van der Waals surface area contributed by atoms with Gasteiger partial charge in [0.1, 0.15) is 5.75 Å². The number of nitrogens with one attached hydrogen (secondary N) is 1. The van der Waals surface area contributed by atoms with Gasteiger partial charge in [0.05, 0.1) is 18.4 Å². The smallest absolute Gasteiger partial charge is 0.256 e. The van der Waals surface area contributed by atoms with E-state index in [1.54, 1.807) is 19.2 Å². The predicted molar refractivity (Wildman–Crippen MR) is 143 cm³/mol. The van der Waals surface area contributed by atoms with Crippen molar-refractivity contribution in [3.63, 3.8) is 0 Å². The average molecular weight is 485 g/mol. The Balaban J connectivity index is 1.37. The van der Waals surface area contributed by atoms with E-state index in [0.29, 0.717) is 16.8 Å². The molecule has 0 spiro atoms. The van der Waals surface area contributed by atoms with Crippen LogP contribution in [-0.2, 0) is 0 Å². The Bertz CT molecular complexity index is 1220. The molecule has 3 aromatic carbocycles. The van der Waals surface area contributed by atoms with Crippen molar-refractivity contribution in [3.8, 4) is 5.75 Å². The lowest BCUT2D eigenvalue weighted by Gasteiger charge is -2.38. The topological polar surface area (TPSA) is 65.1 Å². The van der Waals surface area contributed by atoms with E-state index in [9.17, 15) is 9.59 Å². The lowest BCUT2D eigenvalue weighted by molar-refractivity contribution is 0.0793. The molecule has 0 saturated carbocycles. The Morgan fingerprint density at radius 3 is 2.08 bits per heavy atom. The summed E-state index contributed by atoms with van der Waals surface area (Å²) in [5.41, 5.74) is 3.87. The molecule has 0 unspecified atom stereocenters. The van der Waals surface area contributed by atoms with Gasteiger partial charge in [0.2, 0.25) is 0 Å². The van der Waals surface area contributed by atoms with Gasteiger partial charge in [0.25, 0.3) is 11.8 Å². The van der Waals surface area contributed by atoms with Crippen LogP contribution in [0.25, 0.3) is 0 Å². The van der Waals surface area contributed by atoms with Crippen molar-refractivity contribution in [1.82, 2.24) is 4.90 Å². The molecule has 186 valence electrons. The van der Waals surface area contributed by atoms with E-state index < -0.39 is 0 Å². The van der Waals surface area contributed by atoms with Crippen LogP contribution in [0.15, 0.2) is 72.8 Å². The highest BCUT2D eigenvalue weighted by atomic mass is 16.5. The van der Waals surface area contributed by atoms with Crippen molar-refractivity contribution in [2.45, 2.75) is 12.8 Å². The van der Waals surface area contributed by atoms with Crippen LogP contribution >= 0.6 is 0 Å². The number of ether oxygens (including phenoxy) is 1. The third-order valence-electron chi connectivity index (χ3n) is 6.96. The van der Waals surface area contributed by atoms with E-state index in [2.05, 4.69) is 21.2 Å². The summed E-state index contributed by atoms with van der Waals surface area (Å²) in [5, 5.41) is 2.97. The summed E-state index contributed by atoms with van der Waals surface area (Å²) >= 11 is 0. The summed E-state index contributed by atoms with van der Waals surface area (Å²) in [5.74, 6) is 0.716. The highest BCUT2D eigenvalue weighted by molar-refractivity contribution is 6.06. The fourth-order valence-electron chi connectivity index (χ4n) is 5.02. The number of carbonyl (C=O) groups is 2. The molecule has 2 aliphatic heterocycles. The van der Waals surface area contributed by atoms with Gasteiger partial charge in [-0.15, -0.1) is 0 Å². The Morgan fingerprint density at radius 1 is 0.750 bits per heavy atom. The van der Waals surface area contributed by atoms with Gasteiger partial charge in [-0.1, -0.05) is 30.3 Å². The first-order valence-corrected chi connectivity index (χ1v) is 12.6. The van der Waals surface area contributed by atoms with E-state index in [1.165, 1.54) is 0 Å². The van der Waals surface area contributed by atoms with E-state index in [1.807, 2.05) is 59.5 Å². The molecule has 3 aromatic rings. The molecule has 2 aliphatic rings. The monoisotopic (exact) mass is 484 g/mol. The lowest BCUT2D eigenvalue weighted by Crippen LogP contribution is -2.47. The number of nitrogens with zero attached hydrogens (tertiary/aromatic N) is 3. The molecule has 2 fully saturated rings. The molecular weight excluding hydrogens is 452 g/mol. The van der Waals surface area contributed by atoms with Crippen LogP contribution in [0, 0.1) is 0 Å². The van der Waals surface area contributed by atoms with E-state index in [4.69, 9.17) is 4.74 Å². The molecule has 36 heavy (non-hydrogen) atoms. The van der Waals surface area contributed by atoms with Gasteiger partial charge < -0.3 is 24.8 Å². The number of likely N-dealkylation sites (tertiary alicyclic amines) is 1. The highest BCUT2D eigenvalue weighted by Gasteiger charge is 2.27. The van der Waals surface area contributed by atoms with Gasteiger partial charge in [0.15, 0.2) is 0 Å². The number of methoxy groups -OCH3 is 1. The maximum absolute atomic E-state index is 13.5. The first-order valence-electron chi connectivity index (χ1n) is 12.6. The van der Waals surface area contributed by atoms with Crippen molar-refractivity contribution >= 4 is 28.9 Å². The summed E-state index contributed by atoms with van der Waals surface area (Å²) in [4.78, 5) is 32.8. The second-order valence-electron chi connectivity index (χ2n) is 9.20. The molecule has 0 aliphatic carbocycles. The molecule has 2 amide bonds. The van der Waals surface area contributed by atoms with Gasteiger partial charge in [-0.05, 0) is 55.3 Å². The molecule has 2 heterocycles. The zero-order valence-corrected chi connectivity index (χ0v) is 20.7. The maximum atomic E-state index is 13.5. The SMILES string of the molecule is COc1ccccc1N1CCN(c2ccc(NC(=O)c3ccccc3)cc2C(=O)N2CCCC2)CC1.